The number of rotatable bonds is 9. The van der Waals surface area contributed by atoms with Crippen molar-refractivity contribution >= 4 is 28.6 Å². The van der Waals surface area contributed by atoms with Gasteiger partial charge in [-0.2, -0.15) is 0 Å². The molecule has 6 unspecified atom stereocenters. The van der Waals surface area contributed by atoms with Crippen molar-refractivity contribution in [3.63, 3.8) is 0 Å². The zero-order chi connectivity index (χ0) is 32.6. The number of hydrogen-bond donors (Lipinski definition) is 0. The topological polar surface area (TPSA) is 63.2 Å². The van der Waals surface area contributed by atoms with Gasteiger partial charge in [-0.05, 0) is 60.0 Å². The quantitative estimate of drug-likeness (QED) is 0.112. The number of halogens is 1. The maximum atomic E-state index is 16.1. The highest BCUT2D eigenvalue weighted by molar-refractivity contribution is 14.1. The maximum absolute atomic E-state index is 16.1. The molecule has 6 aliphatic rings. The summed E-state index contributed by atoms with van der Waals surface area (Å²) in [6.45, 7) is 8.07. The van der Waals surface area contributed by atoms with Gasteiger partial charge in [0, 0.05) is 28.8 Å². The minimum absolute atomic E-state index is 0.00432. The van der Waals surface area contributed by atoms with Crippen LogP contribution in [0.25, 0.3) is 0 Å². The van der Waals surface area contributed by atoms with Crippen molar-refractivity contribution in [1.29, 1.82) is 0 Å². The van der Waals surface area contributed by atoms with Crippen molar-refractivity contribution in [2.24, 2.45) is 45.8 Å². The molecule has 2 aliphatic heterocycles. The van der Waals surface area contributed by atoms with Gasteiger partial charge in [-0.25, -0.2) is 0 Å². The number of esters is 1. The summed E-state index contributed by atoms with van der Waals surface area (Å²) in [6.07, 6.45) is 6.20. The first-order valence-corrected chi connectivity index (χ1v) is 19.4. The Balaban J connectivity index is 1.36. The van der Waals surface area contributed by atoms with Gasteiger partial charge in [-0.15, -0.1) is 0 Å². The first-order chi connectivity index (χ1) is 22.8. The lowest BCUT2D eigenvalue weighted by molar-refractivity contribution is -0.256. The largest absolute Gasteiger partial charge is 0.452 e. The lowest BCUT2D eigenvalue weighted by atomic mass is 9.41. The number of carbonyl (C=O) groups excluding carboxylic acids is 1. The molecule has 47 heavy (non-hydrogen) atoms. The van der Waals surface area contributed by atoms with Gasteiger partial charge in [0.2, 0.25) is 0 Å². The SMILES string of the molecule is COC1C[C@H](C23C[C@@H]4[C@H](C)CC[C@H]4C4(C5OCCO5)CC2C=C(C(C)C)C43C(=O)OC(c2ccccc2)c2ccccc2)OC1CI. The fraction of sp³-hybridized carbons (Fsp3) is 0.625. The average molecular weight is 753 g/mol. The number of fused-ring (bicyclic) bond motifs is 2. The first kappa shape index (κ1) is 32.4. The third-order valence-corrected chi connectivity index (χ3v) is 14.3. The monoisotopic (exact) mass is 752 g/mol. The Kier molecular flexibility index (Phi) is 8.43. The number of carbonyl (C=O) groups is 1. The minimum Gasteiger partial charge on any atom is -0.452 e. The number of methoxy groups -OCH3 is 1. The van der Waals surface area contributed by atoms with E-state index in [0.29, 0.717) is 31.0 Å². The molecule has 0 N–H and O–H groups in total. The Morgan fingerprint density at radius 1 is 0.957 bits per heavy atom. The third kappa shape index (κ3) is 4.38. The molecule has 0 spiro atoms. The van der Waals surface area contributed by atoms with E-state index < -0.39 is 28.6 Å². The van der Waals surface area contributed by atoms with Crippen LogP contribution in [0.15, 0.2) is 72.3 Å². The summed E-state index contributed by atoms with van der Waals surface area (Å²) in [7, 11) is 1.81. The van der Waals surface area contributed by atoms with Crippen LogP contribution in [0.2, 0.25) is 0 Å². The highest BCUT2D eigenvalue weighted by Crippen LogP contribution is 2.86. The van der Waals surface area contributed by atoms with E-state index in [1.54, 1.807) is 0 Å². The second-order valence-corrected chi connectivity index (χ2v) is 16.3. The summed E-state index contributed by atoms with van der Waals surface area (Å²) in [4.78, 5) is 16.1. The van der Waals surface area contributed by atoms with Gasteiger partial charge < -0.3 is 23.7 Å². The fourth-order valence-electron chi connectivity index (χ4n) is 11.9. The number of hydrogen-bond acceptors (Lipinski definition) is 6. The molecule has 6 nitrogen and oxygen atoms in total. The van der Waals surface area contributed by atoms with Crippen LogP contribution in [0.5, 0.6) is 0 Å². The smallest absolute Gasteiger partial charge is 0.318 e. The van der Waals surface area contributed by atoms with Crippen LogP contribution in [-0.4, -0.2) is 55.3 Å². The Morgan fingerprint density at radius 3 is 2.19 bits per heavy atom. The predicted octanol–water partition coefficient (Wildman–Crippen LogP) is 7.94. The van der Waals surface area contributed by atoms with Crippen LogP contribution >= 0.6 is 22.6 Å². The summed E-state index contributed by atoms with van der Waals surface area (Å²) in [5.41, 5.74) is 1.19. The van der Waals surface area contributed by atoms with Crippen molar-refractivity contribution in [2.45, 2.75) is 83.6 Å². The van der Waals surface area contributed by atoms with Crippen LogP contribution in [0.1, 0.15) is 70.1 Å². The molecular formula is C40H49IO6. The summed E-state index contributed by atoms with van der Waals surface area (Å²) in [5, 5.41) is 0. The molecule has 2 aromatic rings. The number of benzene rings is 2. The van der Waals surface area contributed by atoms with Crippen LogP contribution in [0, 0.1) is 45.8 Å². The van der Waals surface area contributed by atoms with E-state index in [0.717, 1.165) is 47.7 Å². The predicted molar refractivity (Wildman–Crippen MR) is 188 cm³/mol. The van der Waals surface area contributed by atoms with Crippen LogP contribution < -0.4 is 0 Å². The Bertz CT molecular complexity index is 1440. The summed E-state index contributed by atoms with van der Waals surface area (Å²) in [6, 6.07) is 20.5. The number of ether oxygens (including phenoxy) is 5. The Morgan fingerprint density at radius 2 is 1.62 bits per heavy atom. The number of allylic oxidation sites excluding steroid dienone is 1. The highest BCUT2D eigenvalue weighted by Gasteiger charge is 2.88. The van der Waals surface area contributed by atoms with Gasteiger partial charge in [0.25, 0.3) is 0 Å². The third-order valence-electron chi connectivity index (χ3n) is 13.5. The lowest BCUT2D eigenvalue weighted by Gasteiger charge is -2.63. The van der Waals surface area contributed by atoms with Gasteiger partial charge in [-0.3, -0.25) is 4.79 Å². The van der Waals surface area contributed by atoms with Gasteiger partial charge >= 0.3 is 5.97 Å². The summed E-state index contributed by atoms with van der Waals surface area (Å²) in [5.74, 6) is 1.53. The Hall–Kier alpha value is -1.78. The number of alkyl halides is 1. The first-order valence-electron chi connectivity index (χ1n) is 17.8. The van der Waals surface area contributed by atoms with Crippen LogP contribution in [0.4, 0.5) is 0 Å². The van der Waals surface area contributed by atoms with E-state index in [1.165, 1.54) is 5.57 Å². The molecule has 7 heteroatoms. The second-order valence-electron chi connectivity index (χ2n) is 15.5. The molecule has 4 aliphatic carbocycles. The summed E-state index contributed by atoms with van der Waals surface area (Å²) >= 11 is 2.43. The van der Waals surface area contributed by atoms with E-state index in [9.17, 15) is 0 Å². The van der Waals surface area contributed by atoms with Crippen LogP contribution in [0.3, 0.4) is 0 Å². The van der Waals surface area contributed by atoms with Gasteiger partial charge in [0.15, 0.2) is 12.4 Å². The molecule has 2 aromatic carbocycles. The average Bonchev–Trinajstić information content (AvgIpc) is 3.92. The minimum atomic E-state index is -0.954. The molecule has 4 bridgehead atoms. The molecule has 8 rings (SSSR count). The van der Waals surface area contributed by atoms with E-state index in [2.05, 4.69) is 73.7 Å². The molecule has 10 atom stereocenters. The molecule has 0 amide bonds. The van der Waals surface area contributed by atoms with Gasteiger partial charge in [-0.1, -0.05) is 122 Å². The molecule has 2 heterocycles. The van der Waals surface area contributed by atoms with E-state index in [1.807, 2.05) is 43.5 Å². The van der Waals surface area contributed by atoms with Crippen molar-refractivity contribution < 1.29 is 28.5 Å². The van der Waals surface area contributed by atoms with Crippen LogP contribution in [-0.2, 0) is 28.5 Å². The zero-order valence-electron chi connectivity index (χ0n) is 28.1. The van der Waals surface area contributed by atoms with E-state index in [-0.39, 0.29) is 36.1 Å². The van der Waals surface area contributed by atoms with Gasteiger partial charge in [0.1, 0.15) is 5.41 Å². The van der Waals surface area contributed by atoms with Crippen molar-refractivity contribution in [1.82, 2.24) is 0 Å². The van der Waals surface area contributed by atoms with Gasteiger partial charge in [0.05, 0.1) is 31.5 Å². The molecule has 0 aromatic heterocycles. The molecule has 3 saturated carbocycles. The molecular weight excluding hydrogens is 703 g/mol. The lowest BCUT2D eigenvalue weighted by Crippen LogP contribution is -2.68. The second kappa shape index (κ2) is 12.2. The van der Waals surface area contributed by atoms with E-state index >= 15 is 4.79 Å². The zero-order valence-corrected chi connectivity index (χ0v) is 30.3. The maximum Gasteiger partial charge on any atom is 0.318 e. The fourth-order valence-corrected chi connectivity index (χ4v) is 12.7. The van der Waals surface area contributed by atoms with E-state index in [4.69, 9.17) is 23.7 Å². The van der Waals surface area contributed by atoms with Crippen molar-refractivity contribution in [3.05, 3.63) is 83.4 Å². The normalized spacial score (nSPS) is 40.7. The molecule has 0 radical (unpaired) electrons. The Labute approximate surface area is 293 Å². The highest BCUT2D eigenvalue weighted by atomic mass is 127. The summed E-state index contributed by atoms with van der Waals surface area (Å²) < 4.78 is 34.5. The van der Waals surface area contributed by atoms with Crippen molar-refractivity contribution in [3.8, 4) is 0 Å². The molecule has 5 fully saturated rings. The standard InChI is InChI=1S/C40H49IO6/c1-24(2)31-19-28-21-39(37-44-17-18-45-37)30-16-15-25(3)29(30)22-38(28,34-20-32(43-4)33(23-41)46-34)40(31,39)36(42)47-35(26-11-7-5-8-12-26)27-13-9-6-10-14-27/h5-14,19,24-25,28-30,32-35,37H,15-18,20-23H2,1-4H3/t25-,28?,29-,30-,32?,33?,34-,38?,39?,40?/m1/s1. The molecule has 252 valence electrons. The van der Waals surface area contributed by atoms with Crippen molar-refractivity contribution in [2.75, 3.05) is 24.8 Å². The molecule has 2 saturated heterocycles.